The molecule has 24 heavy (non-hydrogen) atoms. The van der Waals surface area contributed by atoms with E-state index in [-0.39, 0.29) is 18.4 Å². The van der Waals surface area contributed by atoms with Crippen molar-refractivity contribution in [1.82, 2.24) is 5.32 Å². The van der Waals surface area contributed by atoms with Crippen molar-refractivity contribution >= 4 is 17.5 Å². The lowest BCUT2D eigenvalue weighted by Crippen LogP contribution is -2.48. The molecule has 1 aliphatic carbocycles. The van der Waals surface area contributed by atoms with E-state index in [1.54, 1.807) is 13.0 Å². The maximum Gasteiger partial charge on any atom is 0.268 e. The van der Waals surface area contributed by atoms with Crippen LogP contribution in [0.5, 0.6) is 5.75 Å². The van der Waals surface area contributed by atoms with Crippen molar-refractivity contribution in [3.8, 4) is 5.75 Å². The maximum absolute atomic E-state index is 12.4. The average Bonchev–Trinajstić information content (AvgIpc) is 2.60. The third-order valence-corrected chi connectivity index (χ3v) is 4.53. The van der Waals surface area contributed by atoms with Crippen LogP contribution < -0.4 is 15.0 Å². The number of ether oxygens (including phenoxy) is 1. The highest BCUT2D eigenvalue weighted by Gasteiger charge is 2.32. The molecule has 5 heteroatoms. The number of benzene rings is 1. The van der Waals surface area contributed by atoms with E-state index in [9.17, 15) is 9.59 Å². The first-order valence-electron chi connectivity index (χ1n) is 8.67. The van der Waals surface area contributed by atoms with Crippen molar-refractivity contribution in [2.24, 2.45) is 0 Å². The zero-order valence-electron chi connectivity index (χ0n) is 14.1. The molecule has 5 nitrogen and oxygen atoms in total. The molecule has 0 aromatic heterocycles. The fourth-order valence-electron chi connectivity index (χ4n) is 3.22. The molecule has 2 amide bonds. The van der Waals surface area contributed by atoms with E-state index >= 15 is 0 Å². The van der Waals surface area contributed by atoms with Crippen molar-refractivity contribution in [2.75, 3.05) is 18.0 Å². The molecule has 0 bridgehead atoms. The Labute approximate surface area is 142 Å². The van der Waals surface area contributed by atoms with Gasteiger partial charge in [-0.1, -0.05) is 23.8 Å². The van der Waals surface area contributed by atoms with Gasteiger partial charge in [-0.25, -0.2) is 0 Å². The Morgan fingerprint density at radius 2 is 2.17 bits per heavy atom. The molecular formula is C19H24N2O3. The van der Waals surface area contributed by atoms with E-state index in [2.05, 4.69) is 11.4 Å². The van der Waals surface area contributed by atoms with Crippen LogP contribution in [0.4, 0.5) is 5.69 Å². The SMILES string of the molecule is CC1Oc2ccccc2N(CC(=O)NCCC2=CCCCC2)C1=O. The summed E-state index contributed by atoms with van der Waals surface area (Å²) in [7, 11) is 0. The van der Waals surface area contributed by atoms with Crippen molar-refractivity contribution in [3.05, 3.63) is 35.9 Å². The summed E-state index contributed by atoms with van der Waals surface area (Å²) in [5.74, 6) is 0.326. The molecule has 1 aromatic rings. The van der Waals surface area contributed by atoms with Gasteiger partial charge in [-0.2, -0.15) is 0 Å². The Balaban J connectivity index is 1.57. The summed E-state index contributed by atoms with van der Waals surface area (Å²) in [6, 6.07) is 7.32. The van der Waals surface area contributed by atoms with Crippen LogP contribution in [0.25, 0.3) is 0 Å². The smallest absolute Gasteiger partial charge is 0.268 e. The summed E-state index contributed by atoms with van der Waals surface area (Å²) in [5, 5.41) is 2.93. The lowest BCUT2D eigenvalue weighted by atomic mass is 9.97. The highest BCUT2D eigenvalue weighted by Crippen LogP contribution is 2.33. The minimum Gasteiger partial charge on any atom is -0.479 e. The Bertz CT molecular complexity index is 654. The topological polar surface area (TPSA) is 58.6 Å². The minimum absolute atomic E-state index is 0.0304. The first-order chi connectivity index (χ1) is 11.6. The largest absolute Gasteiger partial charge is 0.479 e. The molecule has 1 heterocycles. The molecule has 1 N–H and O–H groups in total. The van der Waals surface area contributed by atoms with Crippen LogP contribution in [0.3, 0.4) is 0 Å². The summed E-state index contributed by atoms with van der Waals surface area (Å²) in [6.07, 6.45) is 7.43. The summed E-state index contributed by atoms with van der Waals surface area (Å²) in [6.45, 7) is 2.36. The number of anilines is 1. The minimum atomic E-state index is -0.569. The highest BCUT2D eigenvalue weighted by molar-refractivity contribution is 6.03. The summed E-state index contributed by atoms with van der Waals surface area (Å²) in [5.41, 5.74) is 2.09. The van der Waals surface area contributed by atoms with E-state index < -0.39 is 6.10 Å². The predicted octanol–water partition coefficient (Wildman–Crippen LogP) is 2.81. The number of carbonyl (C=O) groups excluding carboxylic acids is 2. The average molecular weight is 328 g/mol. The van der Waals surface area contributed by atoms with Crippen LogP contribution in [0.15, 0.2) is 35.9 Å². The molecule has 3 rings (SSSR count). The summed E-state index contributed by atoms with van der Waals surface area (Å²) in [4.78, 5) is 26.1. The summed E-state index contributed by atoms with van der Waals surface area (Å²) < 4.78 is 5.59. The second-order valence-electron chi connectivity index (χ2n) is 6.36. The monoisotopic (exact) mass is 328 g/mol. The molecule has 1 aromatic carbocycles. The Hall–Kier alpha value is -2.30. The Kier molecular flexibility index (Phi) is 5.18. The molecule has 1 aliphatic heterocycles. The lowest BCUT2D eigenvalue weighted by Gasteiger charge is -2.32. The normalized spacial score (nSPS) is 20.0. The number of amides is 2. The molecule has 1 atom stereocenters. The predicted molar refractivity (Wildman–Crippen MR) is 93.1 cm³/mol. The van der Waals surface area contributed by atoms with Gasteiger partial charge >= 0.3 is 0 Å². The van der Waals surface area contributed by atoms with Gasteiger partial charge in [-0.15, -0.1) is 0 Å². The van der Waals surface area contributed by atoms with Gasteiger partial charge in [0.1, 0.15) is 12.3 Å². The van der Waals surface area contributed by atoms with E-state index in [0.717, 1.165) is 19.3 Å². The third-order valence-electron chi connectivity index (χ3n) is 4.53. The van der Waals surface area contributed by atoms with Gasteiger partial charge in [0, 0.05) is 6.54 Å². The number of nitrogens with zero attached hydrogens (tertiary/aromatic N) is 1. The van der Waals surface area contributed by atoms with Gasteiger partial charge in [0.15, 0.2) is 6.10 Å². The number of hydrogen-bond acceptors (Lipinski definition) is 3. The number of hydrogen-bond donors (Lipinski definition) is 1. The molecule has 2 aliphatic rings. The van der Waals surface area contributed by atoms with Crippen molar-refractivity contribution < 1.29 is 14.3 Å². The second kappa shape index (κ2) is 7.51. The van der Waals surface area contributed by atoms with Crippen LogP contribution in [-0.4, -0.2) is 31.0 Å². The number of fused-ring (bicyclic) bond motifs is 1. The molecular weight excluding hydrogens is 304 g/mol. The molecule has 0 radical (unpaired) electrons. The van der Waals surface area contributed by atoms with Gasteiger partial charge in [-0.05, 0) is 51.2 Å². The van der Waals surface area contributed by atoms with E-state index in [1.165, 1.54) is 23.3 Å². The fraction of sp³-hybridized carbons (Fsp3) is 0.474. The second-order valence-corrected chi connectivity index (χ2v) is 6.36. The van der Waals surface area contributed by atoms with Crippen LogP contribution in [0, 0.1) is 0 Å². The third kappa shape index (κ3) is 3.78. The molecule has 0 saturated carbocycles. The number of para-hydroxylation sites is 2. The van der Waals surface area contributed by atoms with E-state index in [4.69, 9.17) is 4.74 Å². The first-order valence-corrected chi connectivity index (χ1v) is 8.67. The molecule has 128 valence electrons. The maximum atomic E-state index is 12.4. The van der Waals surface area contributed by atoms with Crippen molar-refractivity contribution in [1.29, 1.82) is 0 Å². The van der Waals surface area contributed by atoms with Crippen molar-refractivity contribution in [2.45, 2.75) is 45.1 Å². The quantitative estimate of drug-likeness (QED) is 0.846. The van der Waals surface area contributed by atoms with Gasteiger partial charge < -0.3 is 10.1 Å². The van der Waals surface area contributed by atoms with Gasteiger partial charge in [0.25, 0.3) is 5.91 Å². The first kappa shape index (κ1) is 16.6. The molecule has 0 spiro atoms. The standard InChI is InChI=1S/C19H24N2O3/c1-14-19(23)21(16-9-5-6-10-17(16)24-14)13-18(22)20-12-11-15-7-3-2-4-8-15/h5-7,9-10,14H,2-4,8,11-13H2,1H3,(H,20,22). The molecule has 0 saturated heterocycles. The van der Waals surface area contributed by atoms with Gasteiger partial charge in [-0.3, -0.25) is 14.5 Å². The van der Waals surface area contributed by atoms with Gasteiger partial charge in [0.2, 0.25) is 5.91 Å². The van der Waals surface area contributed by atoms with Crippen LogP contribution in [-0.2, 0) is 9.59 Å². The zero-order chi connectivity index (χ0) is 16.9. The van der Waals surface area contributed by atoms with E-state index in [1.807, 2.05) is 18.2 Å². The number of allylic oxidation sites excluding steroid dienone is 1. The zero-order valence-corrected chi connectivity index (χ0v) is 14.1. The summed E-state index contributed by atoms with van der Waals surface area (Å²) >= 11 is 0. The van der Waals surface area contributed by atoms with Crippen molar-refractivity contribution in [3.63, 3.8) is 0 Å². The molecule has 0 fully saturated rings. The fourth-order valence-corrected chi connectivity index (χ4v) is 3.22. The van der Waals surface area contributed by atoms with Gasteiger partial charge in [0.05, 0.1) is 5.69 Å². The Morgan fingerprint density at radius 1 is 1.33 bits per heavy atom. The molecule has 1 unspecified atom stereocenters. The number of nitrogens with one attached hydrogen (secondary N) is 1. The Morgan fingerprint density at radius 3 is 2.96 bits per heavy atom. The lowest BCUT2D eigenvalue weighted by molar-refractivity contribution is -0.128. The van der Waals surface area contributed by atoms with E-state index in [0.29, 0.717) is 18.0 Å². The van der Waals surface area contributed by atoms with Crippen LogP contribution >= 0.6 is 0 Å². The number of carbonyl (C=O) groups is 2. The van der Waals surface area contributed by atoms with Crippen LogP contribution in [0.2, 0.25) is 0 Å². The van der Waals surface area contributed by atoms with Crippen LogP contribution in [0.1, 0.15) is 39.0 Å². The number of rotatable bonds is 5. The highest BCUT2D eigenvalue weighted by atomic mass is 16.5.